The number of phenols is 1. The Morgan fingerprint density at radius 1 is 1.05 bits per heavy atom. The van der Waals surface area contributed by atoms with Gasteiger partial charge in [-0.25, -0.2) is 0 Å². The van der Waals surface area contributed by atoms with Gasteiger partial charge in [-0.05, 0) is 44.2 Å². The molecule has 3 nitrogen and oxygen atoms in total. The Morgan fingerprint density at radius 2 is 1.76 bits per heavy atom. The molecule has 0 aromatic heterocycles. The largest absolute Gasteiger partial charge is 0.508 e. The van der Waals surface area contributed by atoms with Gasteiger partial charge in [0.2, 0.25) is 0 Å². The van der Waals surface area contributed by atoms with Crippen LogP contribution in [-0.4, -0.2) is 10.9 Å². The molecule has 21 heavy (non-hydrogen) atoms. The van der Waals surface area contributed by atoms with Gasteiger partial charge in [-0.2, -0.15) is 0 Å². The van der Waals surface area contributed by atoms with E-state index < -0.39 is 0 Å². The molecule has 0 aliphatic rings. The van der Waals surface area contributed by atoms with Gasteiger partial charge in [-0.15, -0.1) is 0 Å². The molecule has 2 aromatic carbocycles. The fourth-order valence-electron chi connectivity index (χ4n) is 1.87. The molecule has 108 valence electrons. The van der Waals surface area contributed by atoms with Crippen molar-refractivity contribution in [2.45, 2.75) is 18.7 Å². The minimum atomic E-state index is -0.00993. The van der Waals surface area contributed by atoms with E-state index in [9.17, 15) is 9.90 Å². The van der Waals surface area contributed by atoms with Gasteiger partial charge in [-0.1, -0.05) is 36.0 Å². The molecule has 0 radical (unpaired) electrons. The highest BCUT2D eigenvalue weighted by atomic mass is 32.2. The summed E-state index contributed by atoms with van der Waals surface area (Å²) in [6.45, 7) is 3.42. The SMILES string of the molecule is CC(=O)/C(Sc1cccc(O)c1)=C(/C)Nc1ccccc1. The van der Waals surface area contributed by atoms with Crippen molar-refractivity contribution in [3.8, 4) is 5.75 Å². The Morgan fingerprint density at radius 3 is 2.38 bits per heavy atom. The predicted octanol–water partition coefficient (Wildman–Crippen LogP) is 4.42. The van der Waals surface area contributed by atoms with Crippen LogP contribution in [0.1, 0.15) is 13.8 Å². The number of phenolic OH excluding ortho intramolecular Hbond substituents is 1. The third-order valence-corrected chi connectivity index (χ3v) is 4.09. The highest BCUT2D eigenvalue weighted by Gasteiger charge is 2.11. The van der Waals surface area contributed by atoms with Crippen molar-refractivity contribution in [1.82, 2.24) is 0 Å². The molecule has 0 unspecified atom stereocenters. The Hall–Kier alpha value is -2.20. The molecule has 4 heteroatoms. The molecule has 0 spiro atoms. The van der Waals surface area contributed by atoms with Crippen LogP contribution in [-0.2, 0) is 4.79 Å². The number of benzene rings is 2. The van der Waals surface area contributed by atoms with Gasteiger partial charge in [0.25, 0.3) is 0 Å². The minimum absolute atomic E-state index is 0.00993. The van der Waals surface area contributed by atoms with E-state index in [0.717, 1.165) is 16.3 Å². The topological polar surface area (TPSA) is 49.3 Å². The molecule has 0 aliphatic heterocycles. The number of Topliss-reactive ketones (excluding diaryl/α,β-unsaturated/α-hetero) is 1. The Kier molecular flexibility index (Phi) is 5.06. The highest BCUT2D eigenvalue weighted by molar-refractivity contribution is 8.04. The minimum Gasteiger partial charge on any atom is -0.508 e. The molecule has 2 aromatic rings. The molecule has 2 rings (SSSR count). The summed E-state index contributed by atoms with van der Waals surface area (Å²) >= 11 is 1.35. The van der Waals surface area contributed by atoms with E-state index in [1.54, 1.807) is 25.1 Å². The maximum absolute atomic E-state index is 11.9. The van der Waals surface area contributed by atoms with Gasteiger partial charge < -0.3 is 10.4 Å². The lowest BCUT2D eigenvalue weighted by Gasteiger charge is -2.12. The maximum Gasteiger partial charge on any atom is 0.168 e. The average molecular weight is 299 g/mol. The second kappa shape index (κ2) is 6.99. The first kappa shape index (κ1) is 15.2. The monoisotopic (exact) mass is 299 g/mol. The quantitative estimate of drug-likeness (QED) is 0.634. The summed E-state index contributed by atoms with van der Waals surface area (Å²) in [5, 5.41) is 12.7. The summed E-state index contributed by atoms with van der Waals surface area (Å²) in [5.41, 5.74) is 1.73. The van der Waals surface area contributed by atoms with Crippen LogP contribution in [0.3, 0.4) is 0 Å². The molecule has 0 fully saturated rings. The van der Waals surface area contributed by atoms with Crippen molar-refractivity contribution in [1.29, 1.82) is 0 Å². The summed E-state index contributed by atoms with van der Waals surface area (Å²) in [5.74, 6) is 0.181. The van der Waals surface area contributed by atoms with Crippen LogP contribution in [0.4, 0.5) is 5.69 Å². The van der Waals surface area contributed by atoms with Gasteiger partial charge in [0.1, 0.15) is 5.75 Å². The van der Waals surface area contributed by atoms with Crippen LogP contribution in [0.5, 0.6) is 5.75 Å². The number of nitrogens with one attached hydrogen (secondary N) is 1. The molecule has 0 heterocycles. The van der Waals surface area contributed by atoms with Crippen LogP contribution < -0.4 is 5.32 Å². The number of rotatable bonds is 5. The number of anilines is 1. The number of ketones is 1. The van der Waals surface area contributed by atoms with Crippen molar-refractivity contribution in [3.05, 3.63) is 65.2 Å². The second-order valence-corrected chi connectivity index (χ2v) is 5.68. The normalized spacial score (nSPS) is 11.7. The van der Waals surface area contributed by atoms with Crippen molar-refractivity contribution in [3.63, 3.8) is 0 Å². The van der Waals surface area contributed by atoms with Gasteiger partial charge in [0.15, 0.2) is 5.78 Å². The zero-order chi connectivity index (χ0) is 15.2. The van der Waals surface area contributed by atoms with Gasteiger partial charge >= 0.3 is 0 Å². The Balaban J connectivity index is 2.25. The average Bonchev–Trinajstić information content (AvgIpc) is 2.45. The molecule has 0 atom stereocenters. The fourth-order valence-corrected chi connectivity index (χ4v) is 2.78. The summed E-state index contributed by atoms with van der Waals surface area (Å²) in [7, 11) is 0. The highest BCUT2D eigenvalue weighted by Crippen LogP contribution is 2.31. The van der Waals surface area contributed by atoms with Gasteiger partial charge in [-0.3, -0.25) is 4.79 Å². The number of allylic oxidation sites excluding steroid dienone is 2. The first-order valence-electron chi connectivity index (χ1n) is 6.57. The number of thioether (sulfide) groups is 1. The molecule has 0 saturated carbocycles. The Labute approximate surface area is 128 Å². The number of carbonyl (C=O) groups is 1. The maximum atomic E-state index is 11.9. The van der Waals surface area contributed by atoms with Crippen LogP contribution in [0.15, 0.2) is 70.1 Å². The lowest BCUT2D eigenvalue weighted by Crippen LogP contribution is -2.04. The summed E-state index contributed by atoms with van der Waals surface area (Å²) in [6, 6.07) is 16.6. The van der Waals surface area contributed by atoms with E-state index >= 15 is 0 Å². The number of hydrogen-bond donors (Lipinski definition) is 2. The van der Waals surface area contributed by atoms with E-state index in [1.165, 1.54) is 11.8 Å². The zero-order valence-electron chi connectivity index (χ0n) is 12.0. The van der Waals surface area contributed by atoms with Crippen molar-refractivity contribution in [2.75, 3.05) is 5.32 Å². The smallest absolute Gasteiger partial charge is 0.168 e. The van der Waals surface area contributed by atoms with Crippen LogP contribution in [0, 0.1) is 0 Å². The number of hydrogen-bond acceptors (Lipinski definition) is 4. The van der Waals surface area contributed by atoms with E-state index in [2.05, 4.69) is 5.32 Å². The molecule has 0 aliphatic carbocycles. The molecule has 0 bridgehead atoms. The molecule has 2 N–H and O–H groups in total. The number of para-hydroxylation sites is 1. The first-order chi connectivity index (χ1) is 10.1. The predicted molar refractivity (Wildman–Crippen MR) is 87.4 cm³/mol. The van der Waals surface area contributed by atoms with Crippen LogP contribution in [0.25, 0.3) is 0 Å². The molecule has 0 amide bonds. The van der Waals surface area contributed by atoms with Crippen molar-refractivity contribution < 1.29 is 9.90 Å². The molecular formula is C17H17NO2S. The number of carbonyl (C=O) groups excluding carboxylic acids is 1. The zero-order valence-corrected chi connectivity index (χ0v) is 12.8. The first-order valence-corrected chi connectivity index (χ1v) is 7.38. The third-order valence-electron chi connectivity index (χ3n) is 2.80. The fraction of sp³-hybridized carbons (Fsp3) is 0.118. The molecule has 0 saturated heterocycles. The standard InChI is InChI=1S/C17H17NO2S/c1-12(18-14-7-4-3-5-8-14)17(13(2)19)21-16-10-6-9-15(20)11-16/h3-11,18,20H,1-2H3/b17-12+. The van der Waals surface area contributed by atoms with Crippen LogP contribution in [0.2, 0.25) is 0 Å². The van der Waals surface area contributed by atoms with Gasteiger partial charge in [0.05, 0.1) is 4.91 Å². The van der Waals surface area contributed by atoms with E-state index in [-0.39, 0.29) is 11.5 Å². The Bertz CT molecular complexity index is 666. The van der Waals surface area contributed by atoms with E-state index in [4.69, 9.17) is 0 Å². The van der Waals surface area contributed by atoms with E-state index in [1.807, 2.05) is 43.3 Å². The van der Waals surface area contributed by atoms with Crippen LogP contribution >= 0.6 is 11.8 Å². The summed E-state index contributed by atoms with van der Waals surface area (Å²) in [4.78, 5) is 13.3. The van der Waals surface area contributed by atoms with Crippen molar-refractivity contribution >= 4 is 23.2 Å². The molecular weight excluding hydrogens is 282 g/mol. The van der Waals surface area contributed by atoms with E-state index in [0.29, 0.717) is 4.91 Å². The van der Waals surface area contributed by atoms with Gasteiger partial charge in [0, 0.05) is 16.3 Å². The second-order valence-electron chi connectivity index (χ2n) is 4.60. The van der Waals surface area contributed by atoms with Crippen molar-refractivity contribution in [2.24, 2.45) is 0 Å². The summed E-state index contributed by atoms with van der Waals surface area (Å²) < 4.78 is 0. The summed E-state index contributed by atoms with van der Waals surface area (Å²) in [6.07, 6.45) is 0. The number of aromatic hydroxyl groups is 1. The lowest BCUT2D eigenvalue weighted by atomic mass is 10.3. The lowest BCUT2D eigenvalue weighted by molar-refractivity contribution is -0.113. The third kappa shape index (κ3) is 4.39.